The summed E-state index contributed by atoms with van der Waals surface area (Å²) in [5.74, 6) is 0. The molecule has 0 amide bonds. The van der Waals surface area contributed by atoms with Crippen LogP contribution in [-0.2, 0) is 11.3 Å². The van der Waals surface area contributed by atoms with Gasteiger partial charge in [0.25, 0.3) is 5.56 Å². The molecule has 1 aromatic heterocycles. The van der Waals surface area contributed by atoms with E-state index >= 15 is 0 Å². The lowest BCUT2D eigenvalue weighted by Crippen LogP contribution is -2.34. The maximum atomic E-state index is 11.8. The van der Waals surface area contributed by atoms with E-state index in [1.165, 1.54) is 49.0 Å². The molecule has 0 bridgehead atoms. The second-order valence-corrected chi connectivity index (χ2v) is 5.83. The quantitative estimate of drug-likeness (QED) is 0.881. The van der Waals surface area contributed by atoms with Gasteiger partial charge in [-0.2, -0.15) is 5.10 Å². The molecule has 19 heavy (non-hydrogen) atoms. The maximum absolute atomic E-state index is 11.8. The Hall–Kier alpha value is -1.36. The predicted molar refractivity (Wildman–Crippen MR) is 72.8 cm³/mol. The predicted octanol–water partition coefficient (Wildman–Crippen LogP) is 1.71. The zero-order valence-corrected chi connectivity index (χ0v) is 11.2. The molecule has 1 aromatic rings. The first-order valence-electron chi connectivity index (χ1n) is 7.17. The van der Waals surface area contributed by atoms with Crippen LogP contribution in [0.2, 0.25) is 0 Å². The normalized spacial score (nSPS) is 25.8. The Bertz CT molecular complexity index is 506. The summed E-state index contributed by atoms with van der Waals surface area (Å²) in [5, 5.41) is 4.07. The Morgan fingerprint density at radius 1 is 1.37 bits per heavy atom. The minimum Gasteiger partial charge on any atom is -0.397 e. The zero-order chi connectivity index (χ0) is 13.3. The van der Waals surface area contributed by atoms with Crippen LogP contribution >= 0.6 is 0 Å². The number of hydrogen-bond donors (Lipinski definition) is 1. The van der Waals surface area contributed by atoms with Crippen LogP contribution in [0.4, 0.5) is 5.69 Å². The van der Waals surface area contributed by atoms with Crippen molar-refractivity contribution in [2.75, 3.05) is 5.73 Å². The van der Waals surface area contributed by atoms with Crippen LogP contribution in [0.3, 0.4) is 0 Å². The van der Waals surface area contributed by atoms with Crippen LogP contribution < -0.4 is 11.3 Å². The number of aromatic nitrogens is 2. The Morgan fingerprint density at radius 2 is 2.16 bits per heavy atom. The molecular formula is C14H21N3O2. The van der Waals surface area contributed by atoms with E-state index in [9.17, 15) is 4.79 Å². The van der Waals surface area contributed by atoms with Crippen molar-refractivity contribution < 1.29 is 4.74 Å². The van der Waals surface area contributed by atoms with Crippen molar-refractivity contribution in [1.82, 2.24) is 9.78 Å². The molecule has 5 heteroatoms. The van der Waals surface area contributed by atoms with Crippen molar-refractivity contribution in [3.05, 3.63) is 22.6 Å². The fraction of sp³-hybridized carbons (Fsp3) is 0.714. The van der Waals surface area contributed by atoms with E-state index in [0.29, 0.717) is 12.2 Å². The molecule has 0 radical (unpaired) electrons. The zero-order valence-electron chi connectivity index (χ0n) is 11.2. The maximum Gasteiger partial charge on any atom is 0.268 e. The highest BCUT2D eigenvalue weighted by Gasteiger charge is 2.40. The first-order chi connectivity index (χ1) is 9.17. The number of nitrogens with zero attached hydrogens (tertiary/aromatic N) is 2. The van der Waals surface area contributed by atoms with E-state index in [1.54, 1.807) is 0 Å². The van der Waals surface area contributed by atoms with Gasteiger partial charge in [-0.3, -0.25) is 4.79 Å². The first-order valence-corrected chi connectivity index (χ1v) is 7.17. The summed E-state index contributed by atoms with van der Waals surface area (Å²) in [6.07, 6.45) is 10.0. The lowest BCUT2D eigenvalue weighted by Gasteiger charge is -2.33. The molecule has 1 saturated heterocycles. The molecule has 1 unspecified atom stereocenters. The minimum absolute atomic E-state index is 0.0976. The highest BCUT2D eigenvalue weighted by Crippen LogP contribution is 2.42. The van der Waals surface area contributed by atoms with Crippen LogP contribution in [0.5, 0.6) is 0 Å². The van der Waals surface area contributed by atoms with Crippen LogP contribution in [0.15, 0.2) is 17.1 Å². The fourth-order valence-corrected chi connectivity index (χ4v) is 3.37. The van der Waals surface area contributed by atoms with Gasteiger partial charge in [0.1, 0.15) is 0 Å². The third-order valence-corrected chi connectivity index (χ3v) is 4.37. The van der Waals surface area contributed by atoms with Crippen molar-refractivity contribution in [2.24, 2.45) is 0 Å². The lowest BCUT2D eigenvalue weighted by molar-refractivity contribution is -0.0692. The Labute approximate surface area is 112 Å². The van der Waals surface area contributed by atoms with Gasteiger partial charge in [-0.15, -0.1) is 0 Å². The van der Waals surface area contributed by atoms with Crippen LogP contribution in [0, 0.1) is 0 Å². The fourth-order valence-electron chi connectivity index (χ4n) is 3.37. The summed E-state index contributed by atoms with van der Waals surface area (Å²) in [6.45, 7) is 0.543. The van der Waals surface area contributed by atoms with Gasteiger partial charge < -0.3 is 10.5 Å². The van der Waals surface area contributed by atoms with Crippen molar-refractivity contribution in [1.29, 1.82) is 0 Å². The van der Waals surface area contributed by atoms with Gasteiger partial charge in [0, 0.05) is 6.07 Å². The third kappa shape index (κ3) is 2.66. The van der Waals surface area contributed by atoms with E-state index in [-0.39, 0.29) is 17.3 Å². The number of nitrogen functional groups attached to an aromatic ring is 1. The summed E-state index contributed by atoms with van der Waals surface area (Å²) < 4.78 is 7.71. The molecule has 2 aliphatic rings. The van der Waals surface area contributed by atoms with E-state index < -0.39 is 0 Å². The van der Waals surface area contributed by atoms with E-state index in [0.717, 1.165) is 12.8 Å². The van der Waals surface area contributed by atoms with Gasteiger partial charge in [-0.1, -0.05) is 19.3 Å². The topological polar surface area (TPSA) is 70.1 Å². The SMILES string of the molecule is Nc1cnn(CC2CCC3(CCCCC3)O2)c(=O)c1. The van der Waals surface area contributed by atoms with Crippen molar-refractivity contribution >= 4 is 5.69 Å². The summed E-state index contributed by atoms with van der Waals surface area (Å²) in [4.78, 5) is 11.8. The number of rotatable bonds is 2. The number of ether oxygens (including phenoxy) is 1. The van der Waals surface area contributed by atoms with Gasteiger partial charge >= 0.3 is 0 Å². The van der Waals surface area contributed by atoms with Crippen molar-refractivity contribution in [2.45, 2.75) is 63.2 Å². The van der Waals surface area contributed by atoms with Gasteiger partial charge in [-0.25, -0.2) is 4.68 Å². The summed E-state index contributed by atoms with van der Waals surface area (Å²) in [5.41, 5.74) is 5.91. The largest absolute Gasteiger partial charge is 0.397 e. The highest BCUT2D eigenvalue weighted by molar-refractivity contribution is 5.31. The molecule has 1 atom stereocenters. The molecule has 1 spiro atoms. The monoisotopic (exact) mass is 263 g/mol. The molecule has 2 fully saturated rings. The number of nitrogens with two attached hydrogens (primary N) is 1. The highest BCUT2D eigenvalue weighted by atomic mass is 16.5. The summed E-state index contributed by atoms with van der Waals surface area (Å²) >= 11 is 0. The molecule has 3 rings (SSSR count). The van der Waals surface area contributed by atoms with Crippen molar-refractivity contribution in [3.8, 4) is 0 Å². The van der Waals surface area contributed by atoms with E-state index in [4.69, 9.17) is 10.5 Å². The Balaban J connectivity index is 1.67. The van der Waals surface area contributed by atoms with Crippen LogP contribution in [-0.4, -0.2) is 21.5 Å². The Morgan fingerprint density at radius 3 is 2.89 bits per heavy atom. The average molecular weight is 263 g/mol. The van der Waals surface area contributed by atoms with Crippen LogP contribution in [0.1, 0.15) is 44.9 Å². The molecule has 1 aliphatic heterocycles. The molecule has 2 heterocycles. The van der Waals surface area contributed by atoms with Gasteiger partial charge in [0.15, 0.2) is 0 Å². The summed E-state index contributed by atoms with van der Waals surface area (Å²) in [7, 11) is 0. The van der Waals surface area contributed by atoms with Crippen molar-refractivity contribution in [3.63, 3.8) is 0 Å². The number of anilines is 1. The molecule has 1 aliphatic carbocycles. The minimum atomic E-state index is -0.145. The Kier molecular flexibility index (Phi) is 3.31. The molecular weight excluding hydrogens is 242 g/mol. The molecule has 5 nitrogen and oxygen atoms in total. The molecule has 1 saturated carbocycles. The standard InChI is InChI=1S/C14H21N3O2/c15-11-8-13(18)17(16-9-11)10-12-4-7-14(19-12)5-2-1-3-6-14/h8-9,12H,1-7,10,15H2. The molecule has 104 valence electrons. The smallest absolute Gasteiger partial charge is 0.268 e. The van der Waals surface area contributed by atoms with Crippen LogP contribution in [0.25, 0.3) is 0 Å². The number of hydrogen-bond acceptors (Lipinski definition) is 4. The average Bonchev–Trinajstić information content (AvgIpc) is 2.77. The second-order valence-electron chi connectivity index (χ2n) is 5.83. The lowest BCUT2D eigenvalue weighted by atomic mass is 9.83. The molecule has 2 N–H and O–H groups in total. The van der Waals surface area contributed by atoms with E-state index in [1.807, 2.05) is 0 Å². The third-order valence-electron chi connectivity index (χ3n) is 4.37. The first kappa shape index (κ1) is 12.7. The molecule has 0 aromatic carbocycles. The van der Waals surface area contributed by atoms with Gasteiger partial charge in [0.05, 0.1) is 30.1 Å². The van der Waals surface area contributed by atoms with Gasteiger partial charge in [-0.05, 0) is 25.7 Å². The van der Waals surface area contributed by atoms with E-state index in [2.05, 4.69) is 5.10 Å². The van der Waals surface area contributed by atoms with Gasteiger partial charge in [0.2, 0.25) is 0 Å². The second kappa shape index (κ2) is 4.96. The summed E-state index contributed by atoms with van der Waals surface area (Å²) in [6, 6.07) is 1.42.